The van der Waals surface area contributed by atoms with Crippen LogP contribution in [0.3, 0.4) is 0 Å². The monoisotopic (exact) mass is 400 g/mol. The van der Waals surface area contributed by atoms with Gasteiger partial charge in [0.15, 0.2) is 17.5 Å². The van der Waals surface area contributed by atoms with Crippen molar-refractivity contribution < 1.29 is 22.6 Å². The third-order valence-electron chi connectivity index (χ3n) is 5.11. The fraction of sp³-hybridized carbons (Fsp3) is 0.632. The van der Waals surface area contributed by atoms with Crippen LogP contribution >= 0.6 is 0 Å². The maximum atomic E-state index is 12.9. The van der Waals surface area contributed by atoms with Crippen LogP contribution in [-0.2, 0) is 6.54 Å². The Balaban J connectivity index is 1.54. The molecular formula is C19H27F3N4O2. The largest absolute Gasteiger partial charge is 0.490 e. The minimum Gasteiger partial charge on any atom is -0.490 e. The fourth-order valence-electron chi connectivity index (χ4n) is 3.36. The van der Waals surface area contributed by atoms with Gasteiger partial charge in [0.25, 0.3) is 0 Å². The molecule has 1 aromatic rings. The molecular weight excluding hydrogens is 373 g/mol. The number of rotatable bonds is 3. The Bertz CT molecular complexity index is 688. The van der Waals surface area contributed by atoms with Crippen LogP contribution in [0.15, 0.2) is 23.2 Å². The van der Waals surface area contributed by atoms with Gasteiger partial charge in [0.2, 0.25) is 0 Å². The predicted octanol–water partition coefficient (Wildman–Crippen LogP) is 2.49. The second-order valence-electron chi connectivity index (χ2n) is 6.97. The topological polar surface area (TPSA) is 49.3 Å². The summed E-state index contributed by atoms with van der Waals surface area (Å²) in [7, 11) is 1.68. The van der Waals surface area contributed by atoms with Gasteiger partial charge in [-0.25, -0.2) is 0 Å². The second kappa shape index (κ2) is 8.89. The standard InChI is InChI=1S/C19H27F3N4O2/c1-14(19(20,21)22)25-6-8-26(9-7-25)18(23-2)24-13-15-4-5-16-17(12-15)28-11-3-10-27-16/h4-5,12,14H,3,6-11,13H2,1-2H3,(H,23,24). The molecule has 3 rings (SSSR count). The first-order valence-corrected chi connectivity index (χ1v) is 9.53. The molecule has 0 saturated carbocycles. The molecule has 1 saturated heterocycles. The van der Waals surface area contributed by atoms with E-state index in [0.29, 0.717) is 51.9 Å². The minimum absolute atomic E-state index is 0.353. The van der Waals surface area contributed by atoms with Gasteiger partial charge in [-0.1, -0.05) is 6.07 Å². The van der Waals surface area contributed by atoms with Crippen LogP contribution in [0.2, 0.25) is 0 Å². The van der Waals surface area contributed by atoms with E-state index < -0.39 is 12.2 Å². The van der Waals surface area contributed by atoms with Crippen molar-refractivity contribution in [3.05, 3.63) is 23.8 Å². The Morgan fingerprint density at radius 1 is 1.14 bits per heavy atom. The van der Waals surface area contributed by atoms with Gasteiger partial charge in [-0.3, -0.25) is 9.89 Å². The molecule has 0 aromatic heterocycles. The number of guanidine groups is 1. The molecule has 1 aromatic carbocycles. The zero-order valence-electron chi connectivity index (χ0n) is 16.3. The summed E-state index contributed by atoms with van der Waals surface area (Å²) >= 11 is 0. The highest BCUT2D eigenvalue weighted by Gasteiger charge is 2.41. The van der Waals surface area contributed by atoms with E-state index in [2.05, 4.69) is 10.3 Å². The number of hydrogen-bond donors (Lipinski definition) is 1. The van der Waals surface area contributed by atoms with E-state index in [1.807, 2.05) is 23.1 Å². The molecule has 0 amide bonds. The first-order valence-electron chi connectivity index (χ1n) is 9.53. The summed E-state index contributed by atoms with van der Waals surface area (Å²) in [5.41, 5.74) is 1.02. The highest BCUT2D eigenvalue weighted by atomic mass is 19.4. The molecule has 0 radical (unpaired) electrons. The van der Waals surface area contributed by atoms with Crippen LogP contribution < -0.4 is 14.8 Å². The molecule has 1 atom stereocenters. The number of fused-ring (bicyclic) bond motifs is 1. The number of aliphatic imine (C=N–C) groups is 1. The SMILES string of the molecule is CN=C(NCc1ccc2c(c1)OCCCO2)N1CCN(C(C)C(F)(F)F)CC1. The van der Waals surface area contributed by atoms with Crippen molar-refractivity contribution in [2.24, 2.45) is 4.99 Å². The molecule has 1 fully saturated rings. The fourth-order valence-corrected chi connectivity index (χ4v) is 3.36. The lowest BCUT2D eigenvalue weighted by molar-refractivity contribution is -0.181. The number of benzene rings is 1. The highest BCUT2D eigenvalue weighted by Crippen LogP contribution is 2.30. The number of piperazine rings is 1. The lowest BCUT2D eigenvalue weighted by Gasteiger charge is -2.39. The summed E-state index contributed by atoms with van der Waals surface area (Å²) in [6, 6.07) is 4.39. The maximum absolute atomic E-state index is 12.9. The molecule has 0 bridgehead atoms. The van der Waals surface area contributed by atoms with Crippen LogP contribution in [0.25, 0.3) is 0 Å². The molecule has 2 aliphatic heterocycles. The van der Waals surface area contributed by atoms with Crippen molar-refractivity contribution in [3.8, 4) is 11.5 Å². The summed E-state index contributed by atoms with van der Waals surface area (Å²) in [5, 5.41) is 3.29. The predicted molar refractivity (Wildman–Crippen MR) is 101 cm³/mol. The van der Waals surface area contributed by atoms with Crippen molar-refractivity contribution in [1.29, 1.82) is 0 Å². The minimum atomic E-state index is -4.20. The maximum Gasteiger partial charge on any atom is 0.403 e. The first-order chi connectivity index (χ1) is 13.4. The van der Waals surface area contributed by atoms with E-state index >= 15 is 0 Å². The molecule has 1 N–H and O–H groups in total. The van der Waals surface area contributed by atoms with E-state index in [1.54, 1.807) is 7.05 Å². The van der Waals surface area contributed by atoms with Crippen LogP contribution in [0.5, 0.6) is 11.5 Å². The number of nitrogens with one attached hydrogen (secondary N) is 1. The van der Waals surface area contributed by atoms with Gasteiger partial charge in [-0.05, 0) is 24.6 Å². The lowest BCUT2D eigenvalue weighted by atomic mass is 10.2. The first kappa shape index (κ1) is 20.6. The molecule has 156 valence electrons. The number of hydrogen-bond acceptors (Lipinski definition) is 4. The van der Waals surface area contributed by atoms with Crippen LogP contribution in [0.1, 0.15) is 18.9 Å². The molecule has 1 unspecified atom stereocenters. The van der Waals surface area contributed by atoms with Crippen molar-refractivity contribution in [2.45, 2.75) is 32.1 Å². The Morgan fingerprint density at radius 3 is 2.46 bits per heavy atom. The van der Waals surface area contributed by atoms with Crippen molar-refractivity contribution >= 4 is 5.96 Å². The van der Waals surface area contributed by atoms with Gasteiger partial charge in [0, 0.05) is 46.2 Å². The van der Waals surface area contributed by atoms with Gasteiger partial charge < -0.3 is 19.7 Å². The zero-order valence-corrected chi connectivity index (χ0v) is 16.3. The normalized spacial score (nSPS) is 19.9. The molecule has 2 heterocycles. The van der Waals surface area contributed by atoms with Gasteiger partial charge in [-0.2, -0.15) is 13.2 Å². The summed E-state index contributed by atoms with van der Waals surface area (Å²) in [6.07, 6.45) is -3.34. The summed E-state index contributed by atoms with van der Waals surface area (Å²) in [4.78, 5) is 7.74. The summed E-state index contributed by atoms with van der Waals surface area (Å²) in [6.45, 7) is 4.75. The van der Waals surface area contributed by atoms with Crippen molar-refractivity contribution in [3.63, 3.8) is 0 Å². The molecule has 0 spiro atoms. The Labute approximate surface area is 163 Å². The average molecular weight is 400 g/mol. The van der Waals surface area contributed by atoms with E-state index in [0.717, 1.165) is 23.5 Å². The summed E-state index contributed by atoms with van der Waals surface area (Å²) in [5.74, 6) is 2.17. The summed E-state index contributed by atoms with van der Waals surface area (Å²) < 4.78 is 50.0. The molecule has 2 aliphatic rings. The Hall–Kier alpha value is -2.16. The zero-order chi connectivity index (χ0) is 20.1. The van der Waals surface area contributed by atoms with E-state index in [9.17, 15) is 13.2 Å². The smallest absolute Gasteiger partial charge is 0.403 e. The molecule has 0 aliphatic carbocycles. The van der Waals surface area contributed by atoms with Crippen molar-refractivity contribution in [1.82, 2.24) is 15.1 Å². The van der Waals surface area contributed by atoms with Crippen molar-refractivity contribution in [2.75, 3.05) is 46.4 Å². The Morgan fingerprint density at radius 2 is 1.82 bits per heavy atom. The molecule has 9 heteroatoms. The van der Waals surface area contributed by atoms with Crippen LogP contribution in [0, 0.1) is 0 Å². The van der Waals surface area contributed by atoms with Gasteiger partial charge in [0.05, 0.1) is 13.2 Å². The van der Waals surface area contributed by atoms with Gasteiger partial charge in [0.1, 0.15) is 6.04 Å². The number of alkyl halides is 3. The second-order valence-corrected chi connectivity index (χ2v) is 6.97. The third-order valence-corrected chi connectivity index (χ3v) is 5.11. The average Bonchev–Trinajstić information content (AvgIpc) is 2.92. The lowest BCUT2D eigenvalue weighted by Crippen LogP contribution is -2.56. The Kier molecular flexibility index (Phi) is 6.53. The van der Waals surface area contributed by atoms with E-state index in [4.69, 9.17) is 9.47 Å². The number of halogens is 3. The quantitative estimate of drug-likeness (QED) is 0.624. The van der Waals surface area contributed by atoms with Crippen LogP contribution in [-0.4, -0.2) is 74.4 Å². The van der Waals surface area contributed by atoms with Gasteiger partial charge in [-0.15, -0.1) is 0 Å². The number of ether oxygens (including phenoxy) is 2. The molecule has 28 heavy (non-hydrogen) atoms. The van der Waals surface area contributed by atoms with E-state index in [1.165, 1.54) is 11.8 Å². The highest BCUT2D eigenvalue weighted by molar-refractivity contribution is 5.80. The van der Waals surface area contributed by atoms with E-state index in [-0.39, 0.29) is 0 Å². The van der Waals surface area contributed by atoms with Gasteiger partial charge >= 0.3 is 6.18 Å². The van der Waals surface area contributed by atoms with Crippen LogP contribution in [0.4, 0.5) is 13.2 Å². The molecule has 6 nitrogen and oxygen atoms in total. The number of nitrogens with zero attached hydrogens (tertiary/aromatic N) is 3. The third kappa shape index (κ3) is 5.01.